The molecule has 1 aromatic carbocycles. The molecule has 0 saturated heterocycles. The van der Waals surface area contributed by atoms with Crippen molar-refractivity contribution in [2.75, 3.05) is 12.0 Å². The molecule has 0 radical (unpaired) electrons. The molecule has 22 heavy (non-hydrogen) atoms. The van der Waals surface area contributed by atoms with Crippen molar-refractivity contribution in [3.63, 3.8) is 0 Å². The third-order valence-electron chi connectivity index (χ3n) is 3.79. The summed E-state index contributed by atoms with van der Waals surface area (Å²) in [5.41, 5.74) is 2.96. The number of benzene rings is 1. The van der Waals surface area contributed by atoms with Crippen LogP contribution in [-0.2, 0) is 6.42 Å². The quantitative estimate of drug-likeness (QED) is 0.598. The molecule has 1 aliphatic heterocycles. The fourth-order valence-electron chi connectivity index (χ4n) is 2.76. The van der Waals surface area contributed by atoms with E-state index in [1.165, 1.54) is 0 Å². The lowest BCUT2D eigenvalue weighted by molar-refractivity contribution is 0.191. The molecule has 1 aromatic heterocycles. The van der Waals surface area contributed by atoms with Crippen molar-refractivity contribution in [2.45, 2.75) is 12.5 Å². The minimum absolute atomic E-state index is 0.356. The molecular weight excluding hydrogens is 302 g/mol. The first-order chi connectivity index (χ1) is 10.4. The van der Waals surface area contributed by atoms with Crippen LogP contribution in [0.15, 0.2) is 42.2 Å². The first-order valence-corrected chi connectivity index (χ1v) is 9.10. The number of aromatic nitrogens is 1. The average Bonchev–Trinajstić information content (AvgIpc) is 3.01. The van der Waals surface area contributed by atoms with Gasteiger partial charge in [0.1, 0.15) is 0 Å². The van der Waals surface area contributed by atoms with Crippen molar-refractivity contribution < 1.29 is 14.5 Å². The van der Waals surface area contributed by atoms with Crippen LogP contribution in [-0.4, -0.2) is 38.8 Å². The second-order valence-electron chi connectivity index (χ2n) is 5.59. The van der Waals surface area contributed by atoms with Crippen molar-refractivity contribution in [1.82, 2.24) is 15.0 Å². The molecule has 6 nitrogen and oxygen atoms in total. The molecule has 2 unspecified atom stereocenters. The average molecular weight is 321 g/mol. The van der Waals surface area contributed by atoms with Crippen LogP contribution in [0.5, 0.6) is 0 Å². The van der Waals surface area contributed by atoms with Gasteiger partial charge in [-0.25, -0.2) is 4.79 Å². The normalized spacial score (nSPS) is 25.1. The summed E-state index contributed by atoms with van der Waals surface area (Å²) >= 11 is 0. The zero-order valence-electron chi connectivity index (χ0n) is 12.2. The van der Waals surface area contributed by atoms with Gasteiger partial charge in [0, 0.05) is 35.3 Å². The summed E-state index contributed by atoms with van der Waals surface area (Å²) < 4.78 is 13.0. The minimum Gasteiger partial charge on any atom is -0.465 e. The van der Waals surface area contributed by atoms with Gasteiger partial charge in [0.15, 0.2) is 0 Å². The van der Waals surface area contributed by atoms with Gasteiger partial charge >= 0.3 is 6.09 Å². The summed E-state index contributed by atoms with van der Waals surface area (Å²) in [6, 6.07) is 7.57. The summed E-state index contributed by atoms with van der Waals surface area (Å²) in [7, 11) is -1.88. The highest BCUT2D eigenvalue weighted by atomic mass is 32.3. The fourth-order valence-corrected chi connectivity index (χ4v) is 4.18. The number of hydrogen-bond acceptors (Lipinski definition) is 3. The first-order valence-electron chi connectivity index (χ1n) is 6.94. The van der Waals surface area contributed by atoms with Crippen LogP contribution in [0, 0.1) is 0 Å². The van der Waals surface area contributed by atoms with Gasteiger partial charge in [0.05, 0.1) is 6.04 Å². The topological polar surface area (TPSA) is 97.4 Å². The van der Waals surface area contributed by atoms with E-state index >= 15 is 0 Å². The maximum atomic E-state index is 11.1. The summed E-state index contributed by atoms with van der Waals surface area (Å²) in [4.78, 5) is 14.3. The van der Waals surface area contributed by atoms with E-state index in [2.05, 4.69) is 15.0 Å². The Morgan fingerprint density at radius 3 is 2.91 bits per heavy atom. The van der Waals surface area contributed by atoms with E-state index in [0.717, 1.165) is 22.0 Å². The van der Waals surface area contributed by atoms with Gasteiger partial charge < -0.3 is 24.7 Å². The Balaban J connectivity index is 1.86. The van der Waals surface area contributed by atoms with E-state index in [4.69, 9.17) is 5.11 Å². The Hall–Kier alpha value is -2.12. The molecule has 7 heteroatoms. The Labute approximate surface area is 129 Å². The molecule has 3 rings (SSSR count). The van der Waals surface area contributed by atoms with Gasteiger partial charge in [-0.1, -0.05) is 28.7 Å². The molecular formula is C15H19N3O3S. The van der Waals surface area contributed by atoms with Crippen LogP contribution in [0.4, 0.5) is 4.79 Å². The molecule has 0 bridgehead atoms. The number of amides is 1. The lowest BCUT2D eigenvalue weighted by Crippen LogP contribution is -2.37. The molecule has 0 spiro atoms. The standard InChI is InChI=1S/C15H19N3O3S/c1-22(21)9-11(8-17-22)14(18-15(19)20)6-10-7-16-13-5-3-2-4-12(10)13/h2-5,7-8,14,16-18,21H,6,9H2,1H3,(H,19,20). The zero-order valence-corrected chi connectivity index (χ0v) is 13.0. The van der Waals surface area contributed by atoms with Crippen LogP contribution >= 0.6 is 10.5 Å². The summed E-state index contributed by atoms with van der Waals surface area (Å²) in [6.07, 6.45) is 4.88. The van der Waals surface area contributed by atoms with Crippen molar-refractivity contribution >= 4 is 27.5 Å². The second kappa shape index (κ2) is 5.58. The molecule has 2 aromatic rings. The highest BCUT2D eigenvalue weighted by Gasteiger charge is 2.28. The van der Waals surface area contributed by atoms with Crippen molar-refractivity contribution in [1.29, 1.82) is 0 Å². The molecule has 0 saturated carbocycles. The summed E-state index contributed by atoms with van der Waals surface area (Å²) in [5.74, 6) is 0.473. The number of rotatable bonds is 4. The van der Waals surface area contributed by atoms with E-state index in [1.54, 1.807) is 12.5 Å². The number of fused-ring (bicyclic) bond motifs is 1. The van der Waals surface area contributed by atoms with E-state index < -0.39 is 16.6 Å². The maximum absolute atomic E-state index is 11.1. The van der Waals surface area contributed by atoms with Gasteiger partial charge in [-0.15, -0.1) is 0 Å². The summed E-state index contributed by atoms with van der Waals surface area (Å²) in [5, 5.41) is 12.7. The zero-order chi connectivity index (χ0) is 15.7. The van der Waals surface area contributed by atoms with E-state index in [9.17, 15) is 9.35 Å². The maximum Gasteiger partial charge on any atom is 0.405 e. The van der Waals surface area contributed by atoms with Crippen LogP contribution in [0.3, 0.4) is 0 Å². The van der Waals surface area contributed by atoms with Crippen LogP contribution < -0.4 is 10.0 Å². The number of aromatic amines is 1. The van der Waals surface area contributed by atoms with Gasteiger partial charge in [-0.2, -0.15) is 0 Å². The van der Waals surface area contributed by atoms with Gasteiger partial charge in [-0.3, -0.25) is 0 Å². The molecule has 1 aliphatic rings. The largest absolute Gasteiger partial charge is 0.465 e. The van der Waals surface area contributed by atoms with Crippen molar-refractivity contribution in [3.8, 4) is 0 Å². The van der Waals surface area contributed by atoms with E-state index in [1.807, 2.05) is 30.5 Å². The lowest BCUT2D eigenvalue weighted by Gasteiger charge is -2.25. The summed E-state index contributed by atoms with van der Waals surface area (Å²) in [6.45, 7) is 0. The van der Waals surface area contributed by atoms with Gasteiger partial charge in [0.25, 0.3) is 0 Å². The Morgan fingerprint density at radius 2 is 2.23 bits per heavy atom. The number of nitrogens with one attached hydrogen (secondary N) is 3. The number of carbonyl (C=O) groups is 1. The molecule has 1 amide bonds. The predicted octanol–water partition coefficient (Wildman–Crippen LogP) is 2.66. The Kier molecular flexibility index (Phi) is 3.76. The fraction of sp³-hybridized carbons (Fsp3) is 0.267. The second-order valence-corrected chi connectivity index (χ2v) is 8.19. The molecule has 2 atom stereocenters. The molecule has 5 N–H and O–H groups in total. The van der Waals surface area contributed by atoms with Crippen LogP contribution in [0.25, 0.3) is 10.9 Å². The number of hydrogen-bond donors (Lipinski definition) is 5. The predicted molar refractivity (Wildman–Crippen MR) is 89.2 cm³/mol. The van der Waals surface area contributed by atoms with Gasteiger partial charge in [0.2, 0.25) is 0 Å². The lowest BCUT2D eigenvalue weighted by atomic mass is 10.00. The molecule has 118 valence electrons. The number of para-hydroxylation sites is 1. The molecule has 2 heterocycles. The number of carboxylic acid groups (broad SMARTS) is 1. The van der Waals surface area contributed by atoms with E-state index in [-0.39, 0.29) is 6.04 Å². The van der Waals surface area contributed by atoms with Crippen molar-refractivity contribution in [2.24, 2.45) is 0 Å². The molecule has 0 aliphatic carbocycles. The van der Waals surface area contributed by atoms with E-state index in [0.29, 0.717) is 12.2 Å². The molecule has 0 fully saturated rings. The first kappa shape index (κ1) is 14.8. The highest BCUT2D eigenvalue weighted by molar-refractivity contribution is 8.27. The van der Waals surface area contributed by atoms with Crippen LogP contribution in [0.1, 0.15) is 5.56 Å². The Bertz CT molecular complexity index is 738. The monoisotopic (exact) mass is 321 g/mol. The number of H-pyrrole nitrogens is 1. The third kappa shape index (κ3) is 3.05. The SMILES string of the molecule is CS1(O)CC(C(Cc2c[nH]c3ccccc23)NC(=O)O)=CN1. The Morgan fingerprint density at radius 1 is 1.45 bits per heavy atom. The van der Waals surface area contributed by atoms with Crippen molar-refractivity contribution in [3.05, 3.63) is 47.8 Å². The van der Waals surface area contributed by atoms with Crippen LogP contribution in [0.2, 0.25) is 0 Å². The minimum atomic E-state index is -1.88. The smallest absolute Gasteiger partial charge is 0.405 e. The highest BCUT2D eigenvalue weighted by Crippen LogP contribution is 2.41. The van der Waals surface area contributed by atoms with Gasteiger partial charge in [-0.05, 0) is 23.6 Å². The third-order valence-corrected chi connectivity index (χ3v) is 5.31.